The molecule has 0 saturated carbocycles. The third kappa shape index (κ3) is 8.77. The van der Waals surface area contributed by atoms with Crippen molar-refractivity contribution in [3.8, 4) is 0 Å². The second kappa shape index (κ2) is 11.6. The van der Waals surface area contributed by atoms with Gasteiger partial charge < -0.3 is 15.1 Å². The number of carbonyl (C=O) groups excluding carboxylic acids is 1. The molecule has 0 radical (unpaired) electrons. The summed E-state index contributed by atoms with van der Waals surface area (Å²) in [4.78, 5) is 24.3. The van der Waals surface area contributed by atoms with Crippen LogP contribution in [-0.2, 0) is 4.79 Å². The smallest absolute Gasteiger partial charge is 0.355 e. The maximum Gasteiger partial charge on any atom is 0.401 e. The maximum atomic E-state index is 12.5. The third-order valence-electron chi connectivity index (χ3n) is 5.43. The molecular formula is C19H35F3N6O. The molecule has 0 aromatic carbocycles. The molecule has 168 valence electrons. The van der Waals surface area contributed by atoms with Crippen molar-refractivity contribution >= 4 is 11.9 Å². The molecule has 2 heterocycles. The van der Waals surface area contributed by atoms with Crippen molar-refractivity contribution < 1.29 is 18.0 Å². The molecule has 0 atom stereocenters. The number of aliphatic imine (C=N–C) groups is 1. The Hall–Kier alpha value is -1.55. The average molecular weight is 421 g/mol. The Balaban J connectivity index is 1.69. The Morgan fingerprint density at radius 2 is 1.62 bits per heavy atom. The lowest BCUT2D eigenvalue weighted by Gasteiger charge is -2.37. The van der Waals surface area contributed by atoms with Crippen LogP contribution in [0.1, 0.15) is 25.7 Å². The van der Waals surface area contributed by atoms with Crippen molar-refractivity contribution in [2.24, 2.45) is 4.99 Å². The van der Waals surface area contributed by atoms with Gasteiger partial charge in [0.2, 0.25) is 5.91 Å². The molecule has 2 aliphatic rings. The van der Waals surface area contributed by atoms with E-state index in [1.807, 2.05) is 4.90 Å². The van der Waals surface area contributed by atoms with Crippen molar-refractivity contribution in [3.63, 3.8) is 0 Å². The van der Waals surface area contributed by atoms with Crippen molar-refractivity contribution in [3.05, 3.63) is 0 Å². The molecule has 1 N–H and O–H groups in total. The number of halogens is 3. The molecule has 2 saturated heterocycles. The van der Waals surface area contributed by atoms with E-state index >= 15 is 0 Å². The van der Waals surface area contributed by atoms with Gasteiger partial charge in [0.25, 0.3) is 0 Å². The molecule has 29 heavy (non-hydrogen) atoms. The summed E-state index contributed by atoms with van der Waals surface area (Å²) in [7, 11) is 3.13. The number of nitrogens with one attached hydrogen (secondary N) is 1. The monoisotopic (exact) mass is 420 g/mol. The maximum absolute atomic E-state index is 12.5. The van der Waals surface area contributed by atoms with Gasteiger partial charge in [-0.05, 0) is 19.9 Å². The fourth-order valence-corrected chi connectivity index (χ4v) is 3.81. The van der Waals surface area contributed by atoms with E-state index in [0.29, 0.717) is 19.0 Å². The van der Waals surface area contributed by atoms with Crippen LogP contribution >= 0.6 is 0 Å². The molecule has 0 bridgehead atoms. The number of amides is 1. The highest BCUT2D eigenvalue weighted by Crippen LogP contribution is 2.15. The number of nitrogens with zero attached hydrogens (tertiary/aromatic N) is 5. The number of likely N-dealkylation sites (tertiary alicyclic amines) is 1. The number of guanidine groups is 1. The van der Waals surface area contributed by atoms with Crippen molar-refractivity contribution in [2.75, 3.05) is 79.5 Å². The molecule has 2 aliphatic heterocycles. The van der Waals surface area contributed by atoms with Gasteiger partial charge in [0.1, 0.15) is 0 Å². The number of rotatable bonds is 6. The summed E-state index contributed by atoms with van der Waals surface area (Å²) in [5, 5.41) is 3.14. The van der Waals surface area contributed by atoms with Crippen LogP contribution in [0.15, 0.2) is 4.99 Å². The second-order valence-corrected chi connectivity index (χ2v) is 7.89. The Labute approximate surface area is 171 Å². The van der Waals surface area contributed by atoms with Crippen LogP contribution in [0, 0.1) is 0 Å². The topological polar surface area (TPSA) is 54.4 Å². The molecule has 0 aliphatic carbocycles. The zero-order valence-electron chi connectivity index (χ0n) is 17.7. The number of likely N-dealkylation sites (N-methyl/N-ethyl adjacent to an activating group) is 1. The Morgan fingerprint density at radius 3 is 2.17 bits per heavy atom. The summed E-state index contributed by atoms with van der Waals surface area (Å²) in [5.74, 6) is 0.916. The summed E-state index contributed by atoms with van der Waals surface area (Å²) in [5.41, 5.74) is 0. The van der Waals surface area contributed by atoms with Crippen LogP contribution in [0.2, 0.25) is 0 Å². The van der Waals surface area contributed by atoms with E-state index in [1.54, 1.807) is 7.05 Å². The minimum atomic E-state index is -4.18. The van der Waals surface area contributed by atoms with Crippen LogP contribution in [0.4, 0.5) is 13.2 Å². The Morgan fingerprint density at radius 1 is 1.00 bits per heavy atom. The highest BCUT2D eigenvalue weighted by Gasteiger charge is 2.29. The first-order chi connectivity index (χ1) is 13.8. The van der Waals surface area contributed by atoms with Gasteiger partial charge >= 0.3 is 6.18 Å². The molecule has 0 aromatic heterocycles. The van der Waals surface area contributed by atoms with Gasteiger partial charge in [-0.1, -0.05) is 12.8 Å². The fraction of sp³-hybridized carbons (Fsp3) is 0.895. The zero-order chi connectivity index (χ0) is 21.3. The highest BCUT2D eigenvalue weighted by atomic mass is 19.4. The highest BCUT2D eigenvalue weighted by molar-refractivity contribution is 5.80. The van der Waals surface area contributed by atoms with Crippen molar-refractivity contribution in [1.82, 2.24) is 24.9 Å². The molecule has 7 nitrogen and oxygen atoms in total. The van der Waals surface area contributed by atoms with E-state index < -0.39 is 12.7 Å². The van der Waals surface area contributed by atoms with Gasteiger partial charge in [-0.25, -0.2) is 0 Å². The summed E-state index contributed by atoms with van der Waals surface area (Å²) in [6.07, 6.45) is 0.429. The third-order valence-corrected chi connectivity index (χ3v) is 5.43. The van der Waals surface area contributed by atoms with Gasteiger partial charge in [-0.3, -0.25) is 19.6 Å². The minimum absolute atomic E-state index is 0.218. The predicted octanol–water partition coefficient (Wildman–Crippen LogP) is 1.08. The van der Waals surface area contributed by atoms with Crippen molar-refractivity contribution in [1.29, 1.82) is 0 Å². The first-order valence-electron chi connectivity index (χ1n) is 10.5. The van der Waals surface area contributed by atoms with Gasteiger partial charge in [0.15, 0.2) is 5.96 Å². The summed E-state index contributed by atoms with van der Waals surface area (Å²) >= 11 is 0. The van der Waals surface area contributed by atoms with Crippen LogP contribution < -0.4 is 5.32 Å². The van der Waals surface area contributed by atoms with Gasteiger partial charge in [-0.2, -0.15) is 13.2 Å². The second-order valence-electron chi connectivity index (χ2n) is 7.89. The molecule has 0 unspecified atom stereocenters. The fourth-order valence-electron chi connectivity index (χ4n) is 3.81. The minimum Gasteiger partial charge on any atom is -0.355 e. The summed E-state index contributed by atoms with van der Waals surface area (Å²) < 4.78 is 37.2. The molecule has 0 spiro atoms. The van der Waals surface area contributed by atoms with Crippen LogP contribution in [0.3, 0.4) is 0 Å². The average Bonchev–Trinajstić information content (AvgIpc) is 2.94. The van der Waals surface area contributed by atoms with Gasteiger partial charge in [0, 0.05) is 59.4 Å². The number of hydrogen-bond acceptors (Lipinski definition) is 4. The molecule has 1 amide bonds. The molecule has 10 heteroatoms. The molecule has 2 fully saturated rings. The quantitative estimate of drug-likeness (QED) is 0.515. The van der Waals surface area contributed by atoms with Gasteiger partial charge in [0.05, 0.1) is 13.1 Å². The Kier molecular flexibility index (Phi) is 9.48. The molecular weight excluding hydrogens is 385 g/mol. The lowest BCUT2D eigenvalue weighted by molar-refractivity contribution is -0.142. The lowest BCUT2D eigenvalue weighted by atomic mass is 10.2. The summed E-state index contributed by atoms with van der Waals surface area (Å²) in [6.45, 7) is 4.99. The van der Waals surface area contributed by atoms with E-state index in [1.165, 1.54) is 24.8 Å². The number of carbonyl (C=O) groups is 1. The Bertz CT molecular complexity index is 527. The van der Waals surface area contributed by atoms with E-state index in [9.17, 15) is 18.0 Å². The van der Waals surface area contributed by atoms with Crippen LogP contribution in [-0.4, -0.2) is 117 Å². The standard InChI is InChI=1S/C19H35F3N6O/c1-23-18(24-7-10-25(2)16-19(20,21)22)28-13-11-26(12-14-28)15-17(29)27-8-5-3-4-6-9-27/h3-16H2,1-2H3,(H,23,24). The largest absolute Gasteiger partial charge is 0.401 e. The summed E-state index contributed by atoms with van der Waals surface area (Å²) in [6, 6.07) is 0. The SMILES string of the molecule is CN=C(NCCN(C)CC(F)(F)F)N1CCN(CC(=O)N2CCCCCC2)CC1. The van der Waals surface area contributed by atoms with E-state index in [2.05, 4.69) is 20.1 Å². The first-order valence-corrected chi connectivity index (χ1v) is 10.5. The number of piperazine rings is 1. The molecule has 2 rings (SSSR count). The zero-order valence-corrected chi connectivity index (χ0v) is 17.7. The number of hydrogen-bond donors (Lipinski definition) is 1. The van der Waals surface area contributed by atoms with Crippen LogP contribution in [0.25, 0.3) is 0 Å². The normalized spacial score (nSPS) is 20.1. The number of alkyl halides is 3. The molecule has 0 aromatic rings. The van der Waals surface area contributed by atoms with Crippen LogP contribution in [0.5, 0.6) is 0 Å². The predicted molar refractivity (Wildman–Crippen MR) is 108 cm³/mol. The lowest BCUT2D eigenvalue weighted by Crippen LogP contribution is -2.54. The van der Waals surface area contributed by atoms with E-state index in [0.717, 1.165) is 52.1 Å². The van der Waals surface area contributed by atoms with Gasteiger partial charge in [-0.15, -0.1) is 0 Å². The first kappa shape index (κ1) is 23.7. The van der Waals surface area contributed by atoms with Crippen molar-refractivity contribution in [2.45, 2.75) is 31.9 Å². The van der Waals surface area contributed by atoms with E-state index in [4.69, 9.17) is 0 Å². The van der Waals surface area contributed by atoms with E-state index in [-0.39, 0.29) is 12.5 Å².